The van der Waals surface area contributed by atoms with Gasteiger partial charge in [-0.05, 0) is 39.0 Å². The molecule has 110 valence electrons. The van der Waals surface area contributed by atoms with Crippen molar-refractivity contribution in [2.45, 2.75) is 20.8 Å². The number of benzene rings is 1. The van der Waals surface area contributed by atoms with E-state index in [1.165, 1.54) is 0 Å². The quantitative estimate of drug-likeness (QED) is 0.860. The van der Waals surface area contributed by atoms with Gasteiger partial charge in [0.25, 0.3) is 0 Å². The molecule has 0 unspecified atom stereocenters. The molecule has 4 heteroatoms. The normalized spacial score (nSPS) is 10.9. The van der Waals surface area contributed by atoms with Gasteiger partial charge < -0.3 is 9.47 Å². The minimum Gasteiger partial charge on any atom is -0.493 e. The maximum Gasteiger partial charge on any atom is 0.167 e. The molecule has 4 nitrogen and oxygen atoms in total. The molecule has 1 aromatic carbocycles. The molecule has 0 aliphatic carbocycles. The average molecular weight is 284 g/mol. The zero-order chi connectivity index (χ0) is 15.4. The lowest BCUT2D eigenvalue weighted by molar-refractivity contribution is 0.354. The predicted molar refractivity (Wildman–Crippen MR) is 84.7 cm³/mol. The fraction of sp³-hybridized carbons (Fsp3) is 0.294. The third-order valence-electron chi connectivity index (χ3n) is 3.37. The van der Waals surface area contributed by atoms with Gasteiger partial charge in [0.1, 0.15) is 0 Å². The average Bonchev–Trinajstić information content (AvgIpc) is 2.49. The van der Waals surface area contributed by atoms with Gasteiger partial charge >= 0.3 is 0 Å². The predicted octanol–water partition coefficient (Wildman–Crippen LogP) is 3.59. The minimum atomic E-state index is 0.711. The van der Waals surface area contributed by atoms with Crippen LogP contribution in [-0.4, -0.2) is 24.2 Å². The van der Waals surface area contributed by atoms with Crippen molar-refractivity contribution in [3.8, 4) is 11.5 Å². The Hall–Kier alpha value is -2.36. The molecule has 0 aliphatic rings. The first-order valence-corrected chi connectivity index (χ1v) is 6.77. The van der Waals surface area contributed by atoms with Crippen LogP contribution in [0.1, 0.15) is 28.3 Å². The fourth-order valence-electron chi connectivity index (χ4n) is 2.10. The third-order valence-corrected chi connectivity index (χ3v) is 3.37. The lowest BCUT2D eigenvalue weighted by Gasteiger charge is -2.10. The second kappa shape index (κ2) is 6.39. The van der Waals surface area contributed by atoms with Crippen LogP contribution in [0.2, 0.25) is 0 Å². The Morgan fingerprint density at radius 2 is 1.57 bits per heavy atom. The van der Waals surface area contributed by atoms with E-state index in [1.807, 2.05) is 51.1 Å². The van der Waals surface area contributed by atoms with Gasteiger partial charge in [-0.15, -0.1) is 0 Å². The SMILES string of the molecule is COc1cccc(/C=C/c2nc(C)c(C)nc2C)c1OC. The molecule has 0 bridgehead atoms. The number of hydrogen-bond acceptors (Lipinski definition) is 4. The maximum atomic E-state index is 5.42. The number of aromatic nitrogens is 2. The van der Waals surface area contributed by atoms with Crippen molar-refractivity contribution in [2.75, 3.05) is 14.2 Å². The number of ether oxygens (including phenoxy) is 2. The molecular formula is C17H20N2O2. The van der Waals surface area contributed by atoms with E-state index < -0.39 is 0 Å². The molecule has 1 aromatic heterocycles. The highest BCUT2D eigenvalue weighted by atomic mass is 16.5. The molecule has 1 heterocycles. The minimum absolute atomic E-state index is 0.711. The van der Waals surface area contributed by atoms with Crippen LogP contribution in [0.4, 0.5) is 0 Å². The number of rotatable bonds is 4. The molecule has 0 spiro atoms. The van der Waals surface area contributed by atoms with Crippen LogP contribution in [0.15, 0.2) is 18.2 Å². The summed E-state index contributed by atoms with van der Waals surface area (Å²) in [5.74, 6) is 1.42. The van der Waals surface area contributed by atoms with Crippen LogP contribution in [0.3, 0.4) is 0 Å². The number of para-hydroxylation sites is 1. The zero-order valence-corrected chi connectivity index (χ0v) is 13.1. The van der Waals surface area contributed by atoms with Gasteiger partial charge in [0.05, 0.1) is 37.0 Å². The molecule has 2 aromatic rings. The molecule has 0 atom stereocenters. The monoisotopic (exact) mass is 284 g/mol. The van der Waals surface area contributed by atoms with Gasteiger partial charge in [-0.2, -0.15) is 0 Å². The second-order valence-electron chi connectivity index (χ2n) is 4.78. The topological polar surface area (TPSA) is 44.2 Å². The molecule has 21 heavy (non-hydrogen) atoms. The molecular weight excluding hydrogens is 264 g/mol. The summed E-state index contributed by atoms with van der Waals surface area (Å²) >= 11 is 0. The number of nitrogens with zero attached hydrogens (tertiary/aromatic N) is 2. The Balaban J connectivity index is 2.40. The molecule has 0 fully saturated rings. The smallest absolute Gasteiger partial charge is 0.167 e. The largest absolute Gasteiger partial charge is 0.493 e. The highest BCUT2D eigenvalue weighted by molar-refractivity contribution is 5.73. The number of aryl methyl sites for hydroxylation is 3. The first-order chi connectivity index (χ1) is 10.1. The fourth-order valence-corrected chi connectivity index (χ4v) is 2.10. The Labute approximate surface area is 125 Å². The summed E-state index contributed by atoms with van der Waals surface area (Å²) in [6.07, 6.45) is 3.92. The molecule has 0 saturated heterocycles. The van der Waals surface area contributed by atoms with E-state index in [0.717, 1.165) is 28.3 Å². The summed E-state index contributed by atoms with van der Waals surface area (Å²) in [4.78, 5) is 9.06. The molecule has 0 saturated carbocycles. The summed E-state index contributed by atoms with van der Waals surface area (Å²) in [6.45, 7) is 5.89. The summed E-state index contributed by atoms with van der Waals surface area (Å²) in [7, 11) is 3.26. The maximum absolute atomic E-state index is 5.42. The van der Waals surface area contributed by atoms with Gasteiger partial charge in [-0.1, -0.05) is 12.1 Å². The molecule has 0 radical (unpaired) electrons. The van der Waals surface area contributed by atoms with Crippen LogP contribution in [0.5, 0.6) is 11.5 Å². The Morgan fingerprint density at radius 3 is 2.24 bits per heavy atom. The molecule has 2 rings (SSSR count). The Morgan fingerprint density at radius 1 is 0.857 bits per heavy atom. The van der Waals surface area contributed by atoms with E-state index in [-0.39, 0.29) is 0 Å². The van der Waals surface area contributed by atoms with Crippen LogP contribution >= 0.6 is 0 Å². The van der Waals surface area contributed by atoms with E-state index in [2.05, 4.69) is 9.97 Å². The first-order valence-electron chi connectivity index (χ1n) is 6.77. The highest BCUT2D eigenvalue weighted by Crippen LogP contribution is 2.31. The van der Waals surface area contributed by atoms with Gasteiger partial charge in [-0.25, -0.2) is 4.98 Å². The summed E-state index contributed by atoms with van der Waals surface area (Å²) in [6, 6.07) is 5.78. The van der Waals surface area contributed by atoms with E-state index in [1.54, 1.807) is 14.2 Å². The van der Waals surface area contributed by atoms with Gasteiger partial charge in [-0.3, -0.25) is 4.98 Å². The van der Waals surface area contributed by atoms with Crippen LogP contribution < -0.4 is 9.47 Å². The Kier molecular flexibility index (Phi) is 4.58. The van der Waals surface area contributed by atoms with Crippen LogP contribution in [0.25, 0.3) is 12.2 Å². The van der Waals surface area contributed by atoms with E-state index in [0.29, 0.717) is 11.5 Å². The lowest BCUT2D eigenvalue weighted by atomic mass is 10.1. The number of methoxy groups -OCH3 is 2. The molecule has 0 N–H and O–H groups in total. The lowest BCUT2D eigenvalue weighted by Crippen LogP contribution is -1.98. The first kappa shape index (κ1) is 15.0. The van der Waals surface area contributed by atoms with Crippen molar-refractivity contribution in [1.29, 1.82) is 0 Å². The van der Waals surface area contributed by atoms with Crippen LogP contribution in [-0.2, 0) is 0 Å². The van der Waals surface area contributed by atoms with E-state index >= 15 is 0 Å². The van der Waals surface area contributed by atoms with E-state index in [9.17, 15) is 0 Å². The van der Waals surface area contributed by atoms with E-state index in [4.69, 9.17) is 9.47 Å². The third kappa shape index (κ3) is 3.21. The summed E-state index contributed by atoms with van der Waals surface area (Å²) in [5.41, 5.74) is 4.62. The van der Waals surface area contributed by atoms with Crippen molar-refractivity contribution < 1.29 is 9.47 Å². The second-order valence-corrected chi connectivity index (χ2v) is 4.78. The Bertz CT molecular complexity index is 679. The van der Waals surface area contributed by atoms with Crippen LogP contribution in [0, 0.1) is 20.8 Å². The van der Waals surface area contributed by atoms with Gasteiger partial charge in [0, 0.05) is 5.56 Å². The van der Waals surface area contributed by atoms with Crippen molar-refractivity contribution in [3.05, 3.63) is 46.5 Å². The number of hydrogen-bond donors (Lipinski definition) is 0. The standard InChI is InChI=1S/C17H20N2O2/c1-11-12(2)19-15(13(3)18-11)10-9-14-7-6-8-16(20-4)17(14)21-5/h6-10H,1-5H3/b10-9+. The molecule has 0 aliphatic heterocycles. The van der Waals surface area contributed by atoms with Crippen molar-refractivity contribution in [3.63, 3.8) is 0 Å². The van der Waals surface area contributed by atoms with Gasteiger partial charge in [0.2, 0.25) is 0 Å². The molecule has 0 amide bonds. The summed E-state index contributed by atoms with van der Waals surface area (Å²) < 4.78 is 10.7. The summed E-state index contributed by atoms with van der Waals surface area (Å²) in [5, 5.41) is 0. The van der Waals surface area contributed by atoms with Crippen molar-refractivity contribution in [2.24, 2.45) is 0 Å². The zero-order valence-electron chi connectivity index (χ0n) is 13.1. The highest BCUT2D eigenvalue weighted by Gasteiger charge is 2.07. The van der Waals surface area contributed by atoms with Crippen molar-refractivity contribution in [1.82, 2.24) is 9.97 Å². The van der Waals surface area contributed by atoms with Crippen molar-refractivity contribution >= 4 is 12.2 Å². The van der Waals surface area contributed by atoms with Gasteiger partial charge in [0.15, 0.2) is 11.5 Å².